The van der Waals surface area contributed by atoms with Crippen LogP contribution in [0.3, 0.4) is 0 Å². The molecule has 1 atom stereocenters. The fourth-order valence-corrected chi connectivity index (χ4v) is 3.60. The van der Waals surface area contributed by atoms with Crippen LogP contribution in [0.4, 0.5) is 0 Å². The second-order valence-electron chi connectivity index (χ2n) is 6.27. The molecule has 0 bridgehead atoms. The van der Waals surface area contributed by atoms with E-state index in [1.165, 1.54) is 30.3 Å². The summed E-state index contributed by atoms with van der Waals surface area (Å²) in [4.78, 5) is 14.6. The molecule has 2 N–H and O–H groups in total. The van der Waals surface area contributed by atoms with Crippen molar-refractivity contribution in [3.05, 3.63) is 78.4 Å². The van der Waals surface area contributed by atoms with Gasteiger partial charge in [0.05, 0.1) is 10.9 Å². The first-order chi connectivity index (χ1) is 12.8. The van der Waals surface area contributed by atoms with Crippen LogP contribution < -0.4 is 10.0 Å². The molecule has 2 aromatic rings. The number of carbonyl (C=O) groups is 1. The summed E-state index contributed by atoms with van der Waals surface area (Å²) in [6.45, 7) is 4.07. The van der Waals surface area contributed by atoms with Gasteiger partial charge in [0.1, 0.15) is 0 Å². The third-order valence-corrected chi connectivity index (χ3v) is 5.55. The maximum Gasteiger partial charge on any atom is 0.251 e. The maximum atomic E-state index is 12.4. The molecule has 1 unspecified atom stereocenters. The van der Waals surface area contributed by atoms with E-state index in [0.717, 1.165) is 5.56 Å². The third kappa shape index (κ3) is 5.75. The van der Waals surface area contributed by atoms with Crippen LogP contribution in [0.25, 0.3) is 0 Å². The SMILES string of the molecule is C=CCNS(=O)(=O)c1ccc(C(=O)NCC(c2ccccc2)N(C)C)cc1. The van der Waals surface area contributed by atoms with Gasteiger partial charge in [-0.25, -0.2) is 13.1 Å². The van der Waals surface area contributed by atoms with Gasteiger partial charge in [-0.05, 0) is 43.9 Å². The van der Waals surface area contributed by atoms with Crippen LogP contribution in [0.2, 0.25) is 0 Å². The molecule has 0 spiro atoms. The van der Waals surface area contributed by atoms with Gasteiger partial charge >= 0.3 is 0 Å². The van der Waals surface area contributed by atoms with Gasteiger partial charge in [-0.3, -0.25) is 4.79 Å². The standard InChI is InChI=1S/C20H25N3O3S/c1-4-14-22-27(25,26)18-12-10-17(11-13-18)20(24)21-15-19(23(2)3)16-8-6-5-7-9-16/h4-13,19,22H,1,14-15H2,2-3H3,(H,21,24). The fraction of sp³-hybridized carbons (Fsp3) is 0.250. The smallest absolute Gasteiger partial charge is 0.251 e. The summed E-state index contributed by atoms with van der Waals surface area (Å²) in [5.41, 5.74) is 1.51. The topological polar surface area (TPSA) is 78.5 Å². The predicted octanol–water partition coefficient (Wildman–Crippen LogP) is 2.18. The zero-order valence-corrected chi connectivity index (χ0v) is 16.4. The van der Waals surface area contributed by atoms with Crippen molar-refractivity contribution in [2.24, 2.45) is 0 Å². The van der Waals surface area contributed by atoms with Crippen LogP contribution in [0.5, 0.6) is 0 Å². The molecule has 0 fully saturated rings. The lowest BCUT2D eigenvalue weighted by atomic mass is 10.1. The number of hydrogen-bond donors (Lipinski definition) is 2. The number of sulfonamides is 1. The number of benzene rings is 2. The van der Waals surface area contributed by atoms with E-state index >= 15 is 0 Å². The minimum absolute atomic E-state index is 0.0397. The number of amides is 1. The molecule has 0 aliphatic rings. The fourth-order valence-electron chi connectivity index (χ4n) is 2.60. The number of nitrogens with one attached hydrogen (secondary N) is 2. The van der Waals surface area contributed by atoms with Gasteiger partial charge in [0, 0.05) is 18.7 Å². The largest absolute Gasteiger partial charge is 0.350 e. The molecule has 0 aromatic heterocycles. The molecule has 0 heterocycles. The molecule has 0 saturated carbocycles. The number of carbonyl (C=O) groups excluding carboxylic acids is 1. The summed E-state index contributed by atoms with van der Waals surface area (Å²) >= 11 is 0. The first-order valence-electron chi connectivity index (χ1n) is 8.55. The van der Waals surface area contributed by atoms with Crippen molar-refractivity contribution in [3.63, 3.8) is 0 Å². The van der Waals surface area contributed by atoms with E-state index < -0.39 is 10.0 Å². The molecule has 0 aliphatic heterocycles. The molecule has 27 heavy (non-hydrogen) atoms. The van der Waals surface area contributed by atoms with E-state index in [1.807, 2.05) is 49.3 Å². The Bertz CT molecular complexity index is 863. The summed E-state index contributed by atoms with van der Waals surface area (Å²) < 4.78 is 26.5. The van der Waals surface area contributed by atoms with Gasteiger partial charge < -0.3 is 10.2 Å². The maximum absolute atomic E-state index is 12.4. The molecule has 6 nitrogen and oxygen atoms in total. The molecule has 0 saturated heterocycles. The highest BCUT2D eigenvalue weighted by molar-refractivity contribution is 7.89. The normalized spacial score (nSPS) is 12.6. The second-order valence-corrected chi connectivity index (χ2v) is 8.03. The predicted molar refractivity (Wildman–Crippen MR) is 107 cm³/mol. The Labute approximate surface area is 161 Å². The van der Waals surface area contributed by atoms with E-state index in [2.05, 4.69) is 16.6 Å². The Morgan fingerprint density at radius 2 is 1.74 bits per heavy atom. The van der Waals surface area contributed by atoms with Crippen molar-refractivity contribution in [1.82, 2.24) is 14.9 Å². The van der Waals surface area contributed by atoms with Crippen molar-refractivity contribution in [2.75, 3.05) is 27.2 Å². The molecule has 7 heteroatoms. The Morgan fingerprint density at radius 3 is 2.30 bits per heavy atom. The highest BCUT2D eigenvalue weighted by Crippen LogP contribution is 2.17. The van der Waals surface area contributed by atoms with Gasteiger partial charge in [-0.15, -0.1) is 6.58 Å². The summed E-state index contributed by atoms with van der Waals surface area (Å²) in [7, 11) is 0.319. The average molecular weight is 388 g/mol. The second kappa shape index (κ2) is 9.45. The molecule has 2 aromatic carbocycles. The molecule has 0 radical (unpaired) electrons. The van der Waals surface area contributed by atoms with Crippen molar-refractivity contribution < 1.29 is 13.2 Å². The van der Waals surface area contributed by atoms with E-state index in [1.54, 1.807) is 0 Å². The van der Waals surface area contributed by atoms with E-state index in [-0.39, 0.29) is 23.4 Å². The minimum Gasteiger partial charge on any atom is -0.350 e. The number of nitrogens with zero attached hydrogens (tertiary/aromatic N) is 1. The summed E-state index contributed by atoms with van der Waals surface area (Å²) in [5, 5.41) is 2.91. The van der Waals surface area contributed by atoms with Crippen molar-refractivity contribution in [2.45, 2.75) is 10.9 Å². The van der Waals surface area contributed by atoms with Crippen LogP contribution in [-0.2, 0) is 10.0 Å². The minimum atomic E-state index is -3.60. The van der Waals surface area contributed by atoms with Gasteiger partial charge in [0.15, 0.2) is 0 Å². The zero-order valence-electron chi connectivity index (χ0n) is 15.6. The number of rotatable bonds is 9. The molecular formula is C20H25N3O3S. The molecule has 1 amide bonds. The average Bonchev–Trinajstić information content (AvgIpc) is 2.67. The highest BCUT2D eigenvalue weighted by atomic mass is 32.2. The summed E-state index contributed by atoms with van der Waals surface area (Å²) in [6, 6.07) is 15.8. The third-order valence-electron chi connectivity index (χ3n) is 4.11. The molecule has 144 valence electrons. The van der Waals surface area contributed by atoms with Crippen molar-refractivity contribution >= 4 is 15.9 Å². The molecular weight excluding hydrogens is 362 g/mol. The first-order valence-corrected chi connectivity index (χ1v) is 10.0. The van der Waals surface area contributed by atoms with Crippen molar-refractivity contribution in [3.8, 4) is 0 Å². The van der Waals surface area contributed by atoms with Gasteiger partial charge in [0.25, 0.3) is 5.91 Å². The number of hydrogen-bond acceptors (Lipinski definition) is 4. The van der Waals surface area contributed by atoms with E-state index in [0.29, 0.717) is 12.1 Å². The number of likely N-dealkylation sites (N-methyl/N-ethyl adjacent to an activating group) is 1. The zero-order chi connectivity index (χ0) is 19.9. The van der Waals surface area contributed by atoms with E-state index in [4.69, 9.17) is 0 Å². The van der Waals surface area contributed by atoms with Crippen LogP contribution in [0.1, 0.15) is 22.0 Å². The van der Waals surface area contributed by atoms with Crippen LogP contribution >= 0.6 is 0 Å². The van der Waals surface area contributed by atoms with Crippen LogP contribution in [0.15, 0.2) is 72.1 Å². The molecule has 2 rings (SSSR count). The lowest BCUT2D eigenvalue weighted by molar-refractivity contribution is 0.0942. The van der Waals surface area contributed by atoms with Crippen LogP contribution in [-0.4, -0.2) is 46.4 Å². The van der Waals surface area contributed by atoms with E-state index in [9.17, 15) is 13.2 Å². The Morgan fingerprint density at radius 1 is 1.11 bits per heavy atom. The first kappa shape index (κ1) is 20.8. The Kier molecular flexibility index (Phi) is 7.29. The summed E-state index contributed by atoms with van der Waals surface area (Å²) in [5.74, 6) is -0.249. The van der Waals surface area contributed by atoms with Crippen molar-refractivity contribution in [1.29, 1.82) is 0 Å². The molecule has 0 aliphatic carbocycles. The van der Waals surface area contributed by atoms with Crippen LogP contribution in [0, 0.1) is 0 Å². The van der Waals surface area contributed by atoms with Gasteiger partial charge in [0.2, 0.25) is 10.0 Å². The Hall–Kier alpha value is -2.48. The highest BCUT2D eigenvalue weighted by Gasteiger charge is 2.17. The lowest BCUT2D eigenvalue weighted by Gasteiger charge is -2.25. The van der Waals surface area contributed by atoms with Gasteiger partial charge in [-0.1, -0.05) is 36.4 Å². The quantitative estimate of drug-likeness (QED) is 0.647. The monoisotopic (exact) mass is 387 g/mol. The summed E-state index contributed by atoms with van der Waals surface area (Å²) in [6.07, 6.45) is 1.47. The Balaban J connectivity index is 2.04. The lowest BCUT2D eigenvalue weighted by Crippen LogP contribution is -2.34. The van der Waals surface area contributed by atoms with Gasteiger partial charge in [-0.2, -0.15) is 0 Å².